The fourth-order valence-corrected chi connectivity index (χ4v) is 1.47. The highest BCUT2D eigenvalue weighted by atomic mass is 16.5. The van der Waals surface area contributed by atoms with Crippen molar-refractivity contribution in [3.63, 3.8) is 0 Å². The van der Waals surface area contributed by atoms with Crippen molar-refractivity contribution in [1.82, 2.24) is 5.32 Å². The fourth-order valence-electron chi connectivity index (χ4n) is 1.47. The Bertz CT molecular complexity index is 414. The Morgan fingerprint density at radius 1 is 1.33 bits per heavy atom. The summed E-state index contributed by atoms with van der Waals surface area (Å²) < 4.78 is 4.74. The SMILES string of the molecule is CCc1ccc(C(=O)NC(COC)C(=O)O)cc1. The number of ether oxygens (including phenoxy) is 1. The number of carbonyl (C=O) groups excluding carboxylic acids is 1. The molecule has 0 bridgehead atoms. The van der Waals surface area contributed by atoms with Crippen molar-refractivity contribution in [2.24, 2.45) is 0 Å². The van der Waals surface area contributed by atoms with Crippen LogP contribution in [0.1, 0.15) is 22.8 Å². The highest BCUT2D eigenvalue weighted by molar-refractivity contribution is 5.96. The van der Waals surface area contributed by atoms with Gasteiger partial charge in [-0.05, 0) is 24.1 Å². The number of carboxylic acids is 1. The van der Waals surface area contributed by atoms with Crippen LogP contribution in [-0.4, -0.2) is 36.7 Å². The molecule has 1 unspecified atom stereocenters. The molecule has 0 aliphatic rings. The molecule has 5 heteroatoms. The first-order chi connectivity index (χ1) is 8.58. The number of benzene rings is 1. The Morgan fingerprint density at radius 2 is 1.94 bits per heavy atom. The molecule has 1 atom stereocenters. The number of carboxylic acid groups (broad SMARTS) is 1. The lowest BCUT2D eigenvalue weighted by Gasteiger charge is -2.13. The minimum absolute atomic E-state index is 0.0614. The maximum absolute atomic E-state index is 11.8. The van der Waals surface area contributed by atoms with Crippen LogP contribution < -0.4 is 5.32 Å². The van der Waals surface area contributed by atoms with Gasteiger partial charge in [0.2, 0.25) is 0 Å². The fraction of sp³-hybridized carbons (Fsp3) is 0.385. The number of amides is 1. The number of carbonyl (C=O) groups is 2. The number of rotatable bonds is 6. The molecule has 98 valence electrons. The largest absolute Gasteiger partial charge is 0.480 e. The number of nitrogens with one attached hydrogen (secondary N) is 1. The standard InChI is InChI=1S/C13H17NO4/c1-3-9-4-6-10(7-5-9)12(15)14-11(8-18-2)13(16)17/h4-7,11H,3,8H2,1-2H3,(H,14,15)(H,16,17). The summed E-state index contributed by atoms with van der Waals surface area (Å²) in [6.07, 6.45) is 0.892. The molecule has 0 saturated carbocycles. The van der Waals surface area contributed by atoms with Crippen LogP contribution in [0.4, 0.5) is 0 Å². The Morgan fingerprint density at radius 3 is 2.39 bits per heavy atom. The molecule has 0 fully saturated rings. The second-order valence-corrected chi connectivity index (χ2v) is 3.87. The van der Waals surface area contributed by atoms with Crippen molar-refractivity contribution in [3.05, 3.63) is 35.4 Å². The van der Waals surface area contributed by atoms with Gasteiger partial charge in [-0.3, -0.25) is 4.79 Å². The number of hydrogen-bond donors (Lipinski definition) is 2. The third-order valence-electron chi connectivity index (χ3n) is 2.56. The van der Waals surface area contributed by atoms with Crippen molar-refractivity contribution in [2.45, 2.75) is 19.4 Å². The highest BCUT2D eigenvalue weighted by Crippen LogP contribution is 2.05. The topological polar surface area (TPSA) is 75.6 Å². The summed E-state index contributed by atoms with van der Waals surface area (Å²) >= 11 is 0. The molecule has 0 saturated heterocycles. The molecule has 1 amide bonds. The lowest BCUT2D eigenvalue weighted by molar-refractivity contribution is -0.140. The van der Waals surface area contributed by atoms with Gasteiger partial charge in [-0.25, -0.2) is 4.79 Å². The Kier molecular flexibility index (Phi) is 5.32. The summed E-state index contributed by atoms with van der Waals surface area (Å²) in [5.41, 5.74) is 1.56. The second kappa shape index (κ2) is 6.76. The first-order valence-electron chi connectivity index (χ1n) is 5.70. The second-order valence-electron chi connectivity index (χ2n) is 3.87. The molecule has 0 aliphatic carbocycles. The summed E-state index contributed by atoms with van der Waals surface area (Å²) in [6, 6.07) is 6.02. The van der Waals surface area contributed by atoms with E-state index in [2.05, 4.69) is 5.32 Å². The van der Waals surface area contributed by atoms with Gasteiger partial charge in [0.25, 0.3) is 5.91 Å². The molecule has 2 N–H and O–H groups in total. The van der Waals surface area contributed by atoms with Gasteiger partial charge in [0.05, 0.1) is 6.61 Å². The molecule has 0 aliphatic heterocycles. The van der Waals surface area contributed by atoms with Crippen molar-refractivity contribution in [1.29, 1.82) is 0 Å². The number of methoxy groups -OCH3 is 1. The molecule has 1 aromatic carbocycles. The summed E-state index contributed by atoms with van der Waals surface area (Å²) in [4.78, 5) is 22.7. The van der Waals surface area contributed by atoms with E-state index in [4.69, 9.17) is 9.84 Å². The van der Waals surface area contributed by atoms with Gasteiger partial charge in [-0.1, -0.05) is 19.1 Å². The molecule has 18 heavy (non-hydrogen) atoms. The molecule has 1 aromatic rings. The third kappa shape index (κ3) is 3.85. The van der Waals surface area contributed by atoms with Crippen LogP contribution in [0.2, 0.25) is 0 Å². The van der Waals surface area contributed by atoms with E-state index in [1.807, 2.05) is 19.1 Å². The van der Waals surface area contributed by atoms with Crippen LogP contribution in [-0.2, 0) is 16.0 Å². The van der Waals surface area contributed by atoms with E-state index in [0.717, 1.165) is 12.0 Å². The molecule has 0 radical (unpaired) electrons. The monoisotopic (exact) mass is 251 g/mol. The quantitative estimate of drug-likeness (QED) is 0.793. The van der Waals surface area contributed by atoms with Gasteiger partial charge in [0.15, 0.2) is 6.04 Å². The average Bonchev–Trinajstić information content (AvgIpc) is 2.38. The van der Waals surface area contributed by atoms with Gasteiger partial charge in [-0.15, -0.1) is 0 Å². The highest BCUT2D eigenvalue weighted by Gasteiger charge is 2.20. The van der Waals surface area contributed by atoms with E-state index in [-0.39, 0.29) is 6.61 Å². The van der Waals surface area contributed by atoms with Crippen molar-refractivity contribution in [2.75, 3.05) is 13.7 Å². The first kappa shape index (κ1) is 14.2. The predicted octanol–water partition coefficient (Wildman–Crippen LogP) is 1.08. The van der Waals surface area contributed by atoms with E-state index < -0.39 is 17.9 Å². The van der Waals surface area contributed by atoms with Gasteiger partial charge >= 0.3 is 5.97 Å². The summed E-state index contributed by atoms with van der Waals surface area (Å²) in [7, 11) is 1.39. The van der Waals surface area contributed by atoms with Crippen molar-refractivity contribution in [3.8, 4) is 0 Å². The van der Waals surface area contributed by atoms with Crippen LogP contribution in [0.5, 0.6) is 0 Å². The molecular weight excluding hydrogens is 234 g/mol. The van der Waals surface area contributed by atoms with Crippen molar-refractivity contribution >= 4 is 11.9 Å². The molecule has 0 spiro atoms. The zero-order valence-electron chi connectivity index (χ0n) is 10.5. The first-order valence-corrected chi connectivity index (χ1v) is 5.70. The van der Waals surface area contributed by atoms with E-state index >= 15 is 0 Å². The van der Waals surface area contributed by atoms with E-state index in [0.29, 0.717) is 5.56 Å². The third-order valence-corrected chi connectivity index (χ3v) is 2.56. The zero-order valence-corrected chi connectivity index (χ0v) is 10.5. The predicted molar refractivity (Wildman–Crippen MR) is 66.6 cm³/mol. The number of hydrogen-bond acceptors (Lipinski definition) is 3. The van der Waals surface area contributed by atoms with E-state index in [9.17, 15) is 9.59 Å². The lowest BCUT2D eigenvalue weighted by Crippen LogP contribution is -2.43. The minimum atomic E-state index is -1.12. The molecule has 1 rings (SSSR count). The average molecular weight is 251 g/mol. The van der Waals surface area contributed by atoms with Crippen molar-refractivity contribution < 1.29 is 19.4 Å². The smallest absolute Gasteiger partial charge is 0.328 e. The van der Waals surface area contributed by atoms with Crippen LogP contribution in [0.3, 0.4) is 0 Å². The lowest BCUT2D eigenvalue weighted by atomic mass is 10.1. The molecular formula is C13H17NO4. The summed E-state index contributed by atoms with van der Waals surface area (Å²) in [5.74, 6) is -1.53. The normalized spacial score (nSPS) is 11.9. The Labute approximate surface area is 106 Å². The zero-order chi connectivity index (χ0) is 13.5. The molecule has 0 heterocycles. The maximum atomic E-state index is 11.8. The molecule has 5 nitrogen and oxygen atoms in total. The van der Waals surface area contributed by atoms with E-state index in [1.54, 1.807) is 12.1 Å². The van der Waals surface area contributed by atoms with Gasteiger partial charge in [0.1, 0.15) is 0 Å². The minimum Gasteiger partial charge on any atom is -0.480 e. The Balaban J connectivity index is 2.70. The number of aryl methyl sites for hydroxylation is 1. The van der Waals surface area contributed by atoms with Gasteiger partial charge in [0, 0.05) is 12.7 Å². The van der Waals surface area contributed by atoms with Crippen LogP contribution in [0.15, 0.2) is 24.3 Å². The molecule has 0 aromatic heterocycles. The van der Waals surface area contributed by atoms with Crippen LogP contribution >= 0.6 is 0 Å². The summed E-state index contributed by atoms with van der Waals surface area (Å²) in [6.45, 7) is 1.96. The Hall–Kier alpha value is -1.88. The summed E-state index contributed by atoms with van der Waals surface area (Å²) in [5, 5.41) is 11.3. The van der Waals surface area contributed by atoms with Crippen LogP contribution in [0.25, 0.3) is 0 Å². The van der Waals surface area contributed by atoms with Crippen LogP contribution in [0, 0.1) is 0 Å². The van der Waals surface area contributed by atoms with Gasteiger partial charge in [-0.2, -0.15) is 0 Å². The maximum Gasteiger partial charge on any atom is 0.328 e. The van der Waals surface area contributed by atoms with E-state index in [1.165, 1.54) is 7.11 Å². The van der Waals surface area contributed by atoms with Gasteiger partial charge < -0.3 is 15.2 Å². The number of aliphatic carboxylic acids is 1.